The number of methoxy groups -OCH3 is 3. The van der Waals surface area contributed by atoms with Gasteiger partial charge in [-0.15, -0.1) is 0 Å². The standard InChI is InChI=1S/C21H22O4/c1-15(20(24-3)14-21(22)25-4)19(23-2)12-10-16-9-11-17-7-5-6-8-18(17)13-16/h5-14H,1-4H3/b12-10+,19-15+,20-14+. The van der Waals surface area contributed by atoms with Gasteiger partial charge in [0, 0.05) is 5.57 Å². The van der Waals surface area contributed by atoms with Crippen LogP contribution in [0.5, 0.6) is 0 Å². The monoisotopic (exact) mass is 338 g/mol. The summed E-state index contributed by atoms with van der Waals surface area (Å²) in [6.07, 6.45) is 5.10. The van der Waals surface area contributed by atoms with E-state index in [1.807, 2.05) is 37.3 Å². The third kappa shape index (κ3) is 4.73. The number of esters is 1. The van der Waals surface area contributed by atoms with Gasteiger partial charge >= 0.3 is 5.97 Å². The summed E-state index contributed by atoms with van der Waals surface area (Å²) >= 11 is 0. The van der Waals surface area contributed by atoms with E-state index in [-0.39, 0.29) is 0 Å². The van der Waals surface area contributed by atoms with Crippen molar-refractivity contribution in [1.82, 2.24) is 0 Å². The molecule has 0 aromatic heterocycles. The van der Waals surface area contributed by atoms with Gasteiger partial charge in [-0.1, -0.05) is 42.5 Å². The van der Waals surface area contributed by atoms with Crippen LogP contribution < -0.4 is 0 Å². The number of carbonyl (C=O) groups is 1. The van der Waals surface area contributed by atoms with Gasteiger partial charge in [0.1, 0.15) is 11.5 Å². The quantitative estimate of drug-likeness (QED) is 0.337. The first-order valence-electron chi connectivity index (χ1n) is 7.84. The molecular weight excluding hydrogens is 316 g/mol. The summed E-state index contributed by atoms with van der Waals surface area (Å²) in [6.45, 7) is 1.82. The normalized spacial score (nSPS) is 12.9. The van der Waals surface area contributed by atoms with E-state index < -0.39 is 5.97 Å². The Balaban J connectivity index is 2.33. The summed E-state index contributed by atoms with van der Waals surface area (Å²) in [5.41, 5.74) is 1.75. The van der Waals surface area contributed by atoms with Crippen molar-refractivity contribution in [3.8, 4) is 0 Å². The lowest BCUT2D eigenvalue weighted by Crippen LogP contribution is -2.01. The fourth-order valence-electron chi connectivity index (χ4n) is 2.44. The molecule has 2 aromatic rings. The van der Waals surface area contributed by atoms with E-state index in [0.717, 1.165) is 5.56 Å². The second kappa shape index (κ2) is 8.73. The van der Waals surface area contributed by atoms with Gasteiger partial charge in [0.15, 0.2) is 0 Å². The second-order valence-corrected chi connectivity index (χ2v) is 5.37. The molecule has 0 aliphatic carbocycles. The Morgan fingerprint density at radius 3 is 2.28 bits per heavy atom. The summed E-state index contributed by atoms with van der Waals surface area (Å²) < 4.78 is 15.3. The predicted molar refractivity (Wildman–Crippen MR) is 99.8 cm³/mol. The van der Waals surface area contributed by atoms with Crippen LogP contribution in [0.15, 0.2) is 71.7 Å². The van der Waals surface area contributed by atoms with Crippen molar-refractivity contribution in [2.45, 2.75) is 6.92 Å². The average molecular weight is 338 g/mol. The zero-order valence-electron chi connectivity index (χ0n) is 14.9. The fourth-order valence-corrected chi connectivity index (χ4v) is 2.44. The van der Waals surface area contributed by atoms with E-state index >= 15 is 0 Å². The molecule has 4 nitrogen and oxygen atoms in total. The highest BCUT2D eigenvalue weighted by Crippen LogP contribution is 2.20. The molecule has 0 fully saturated rings. The molecule has 2 rings (SSSR count). The maximum Gasteiger partial charge on any atom is 0.334 e. The van der Waals surface area contributed by atoms with Gasteiger partial charge in [-0.25, -0.2) is 4.79 Å². The van der Waals surface area contributed by atoms with Crippen LogP contribution in [-0.4, -0.2) is 27.3 Å². The molecule has 25 heavy (non-hydrogen) atoms. The van der Waals surface area contributed by atoms with Crippen LogP contribution in [0, 0.1) is 0 Å². The maximum absolute atomic E-state index is 11.4. The van der Waals surface area contributed by atoms with E-state index in [0.29, 0.717) is 17.1 Å². The molecule has 0 aliphatic heterocycles. The smallest absolute Gasteiger partial charge is 0.334 e. The average Bonchev–Trinajstić information content (AvgIpc) is 2.65. The Bertz CT molecular complexity index is 844. The number of carbonyl (C=O) groups excluding carboxylic acids is 1. The molecule has 0 radical (unpaired) electrons. The predicted octanol–water partition coefficient (Wildman–Crippen LogP) is 4.48. The highest BCUT2D eigenvalue weighted by Gasteiger charge is 2.09. The van der Waals surface area contributed by atoms with Gasteiger partial charge in [-0.3, -0.25) is 0 Å². The number of ether oxygens (including phenoxy) is 3. The molecular formula is C21H22O4. The van der Waals surface area contributed by atoms with Crippen LogP contribution in [0.2, 0.25) is 0 Å². The Morgan fingerprint density at radius 2 is 1.64 bits per heavy atom. The Labute approximate surface area is 148 Å². The van der Waals surface area contributed by atoms with Crippen LogP contribution in [0.3, 0.4) is 0 Å². The van der Waals surface area contributed by atoms with E-state index in [4.69, 9.17) is 9.47 Å². The van der Waals surface area contributed by atoms with Gasteiger partial charge in [0.05, 0.1) is 27.4 Å². The van der Waals surface area contributed by atoms with E-state index in [1.54, 1.807) is 7.11 Å². The van der Waals surface area contributed by atoms with Crippen molar-refractivity contribution in [3.05, 3.63) is 77.3 Å². The summed E-state index contributed by atoms with van der Waals surface area (Å²) in [5, 5.41) is 2.37. The number of benzene rings is 2. The summed E-state index contributed by atoms with van der Waals surface area (Å²) in [5.74, 6) is 0.516. The molecule has 0 amide bonds. The topological polar surface area (TPSA) is 44.8 Å². The van der Waals surface area contributed by atoms with Gasteiger partial charge in [-0.05, 0) is 35.4 Å². The minimum atomic E-state index is -0.481. The van der Waals surface area contributed by atoms with E-state index in [9.17, 15) is 4.79 Å². The highest BCUT2D eigenvalue weighted by molar-refractivity contribution is 5.85. The van der Waals surface area contributed by atoms with Crippen LogP contribution in [0.1, 0.15) is 12.5 Å². The number of hydrogen-bond acceptors (Lipinski definition) is 4. The second-order valence-electron chi connectivity index (χ2n) is 5.37. The van der Waals surface area contributed by atoms with Crippen molar-refractivity contribution < 1.29 is 19.0 Å². The lowest BCUT2D eigenvalue weighted by Gasteiger charge is -2.10. The van der Waals surface area contributed by atoms with Crippen molar-refractivity contribution in [2.24, 2.45) is 0 Å². The molecule has 0 N–H and O–H groups in total. The third-order valence-electron chi connectivity index (χ3n) is 3.83. The van der Waals surface area contributed by atoms with Crippen LogP contribution in [0.4, 0.5) is 0 Å². The van der Waals surface area contributed by atoms with Crippen molar-refractivity contribution in [1.29, 1.82) is 0 Å². The lowest BCUT2D eigenvalue weighted by atomic mass is 10.1. The molecule has 0 atom stereocenters. The molecule has 130 valence electrons. The van der Waals surface area contributed by atoms with E-state index in [1.165, 1.54) is 31.1 Å². The van der Waals surface area contributed by atoms with Crippen LogP contribution in [0.25, 0.3) is 16.8 Å². The highest BCUT2D eigenvalue weighted by atomic mass is 16.5. The maximum atomic E-state index is 11.4. The summed E-state index contributed by atoms with van der Waals surface area (Å²) in [6, 6.07) is 14.4. The fraction of sp³-hybridized carbons (Fsp3) is 0.190. The Hall–Kier alpha value is -3.01. The van der Waals surface area contributed by atoms with Crippen molar-refractivity contribution >= 4 is 22.8 Å². The van der Waals surface area contributed by atoms with Crippen molar-refractivity contribution in [3.63, 3.8) is 0 Å². The van der Waals surface area contributed by atoms with E-state index in [2.05, 4.69) is 29.0 Å². The molecule has 0 aliphatic rings. The Kier molecular flexibility index (Phi) is 6.40. The molecule has 0 unspecified atom stereocenters. The molecule has 0 saturated carbocycles. The summed E-state index contributed by atoms with van der Waals surface area (Å²) in [4.78, 5) is 11.4. The minimum absolute atomic E-state index is 0.395. The lowest BCUT2D eigenvalue weighted by molar-refractivity contribution is -0.135. The van der Waals surface area contributed by atoms with Gasteiger partial charge in [0.25, 0.3) is 0 Å². The molecule has 4 heteroatoms. The number of allylic oxidation sites excluding steroid dienone is 2. The van der Waals surface area contributed by atoms with Crippen LogP contribution in [-0.2, 0) is 19.0 Å². The summed E-state index contributed by atoms with van der Waals surface area (Å²) in [7, 11) is 4.40. The van der Waals surface area contributed by atoms with Gasteiger partial charge in [-0.2, -0.15) is 0 Å². The molecule has 0 spiro atoms. The largest absolute Gasteiger partial charge is 0.496 e. The van der Waals surface area contributed by atoms with Crippen LogP contribution >= 0.6 is 0 Å². The SMILES string of the molecule is COC(=O)\C=C(OC)/C(C)=C(\C=C\c1ccc2ccccc2c1)OC. The zero-order valence-corrected chi connectivity index (χ0v) is 14.9. The number of rotatable bonds is 6. The van der Waals surface area contributed by atoms with Gasteiger partial charge < -0.3 is 14.2 Å². The molecule has 2 aromatic carbocycles. The Morgan fingerprint density at radius 1 is 0.920 bits per heavy atom. The first kappa shape index (κ1) is 18.3. The molecule has 0 saturated heterocycles. The number of fused-ring (bicyclic) bond motifs is 1. The number of hydrogen-bond donors (Lipinski definition) is 0. The molecule has 0 heterocycles. The first-order valence-corrected chi connectivity index (χ1v) is 7.84. The van der Waals surface area contributed by atoms with Gasteiger partial charge in [0.2, 0.25) is 0 Å². The zero-order chi connectivity index (χ0) is 18.2. The third-order valence-corrected chi connectivity index (χ3v) is 3.83. The first-order chi connectivity index (χ1) is 12.1. The van der Waals surface area contributed by atoms with Crippen molar-refractivity contribution in [2.75, 3.05) is 21.3 Å². The molecule has 0 bridgehead atoms. The minimum Gasteiger partial charge on any atom is -0.496 e.